The molecule has 0 N–H and O–H groups in total. The van der Waals surface area contributed by atoms with Crippen molar-refractivity contribution in [3.05, 3.63) is 129 Å². The summed E-state index contributed by atoms with van der Waals surface area (Å²) in [4.78, 5) is 0. The maximum absolute atomic E-state index is 2.72. The molecule has 1 atom stereocenters. The quantitative estimate of drug-likeness (QED) is 0.316. The van der Waals surface area contributed by atoms with Crippen LogP contribution in [-0.4, -0.2) is 0 Å². The number of allylic oxidation sites excluding steroid dienone is 4. The number of benzene rings is 3. The summed E-state index contributed by atoms with van der Waals surface area (Å²) in [7, 11) is 0. The fraction of sp³-hybridized carbons (Fsp3) is 0.290. The summed E-state index contributed by atoms with van der Waals surface area (Å²) in [6, 6.07) is 34.0. The molecule has 0 radical (unpaired) electrons. The Morgan fingerprint density at radius 1 is 0.625 bits per heavy atom. The van der Waals surface area contributed by atoms with E-state index in [-0.39, 0.29) is 0 Å². The first-order chi connectivity index (χ1) is 15.7. The summed E-state index contributed by atoms with van der Waals surface area (Å²) in [5, 5.41) is 0. The van der Waals surface area contributed by atoms with Gasteiger partial charge in [0.25, 0.3) is 0 Å². The Morgan fingerprint density at radius 2 is 1.06 bits per heavy atom. The van der Waals surface area contributed by atoms with E-state index in [0.717, 1.165) is 0 Å². The predicted octanol–water partition coefficient (Wildman–Crippen LogP) is 8.15. The number of hydrogen-bond donors (Lipinski definition) is 0. The van der Waals surface area contributed by atoms with Crippen LogP contribution in [0.2, 0.25) is 0 Å². The second-order valence-corrected chi connectivity index (χ2v) is 16.4. The third-order valence-corrected chi connectivity index (χ3v) is 15.5. The van der Waals surface area contributed by atoms with Gasteiger partial charge in [0.15, 0.2) is 0 Å². The fourth-order valence-electron chi connectivity index (χ4n) is 6.18. The molecule has 0 saturated heterocycles. The van der Waals surface area contributed by atoms with Gasteiger partial charge in [-0.05, 0) is 0 Å². The molecule has 1 heteroatoms. The van der Waals surface area contributed by atoms with Crippen LogP contribution in [-0.2, 0) is 30.8 Å². The van der Waals surface area contributed by atoms with Crippen molar-refractivity contribution in [3.8, 4) is 0 Å². The second-order valence-electron chi connectivity index (χ2n) is 9.85. The van der Waals surface area contributed by atoms with Crippen molar-refractivity contribution in [2.24, 2.45) is 5.92 Å². The summed E-state index contributed by atoms with van der Waals surface area (Å²) in [6.45, 7) is 2.53. The van der Waals surface area contributed by atoms with Crippen LogP contribution in [0.15, 0.2) is 112 Å². The van der Waals surface area contributed by atoms with E-state index >= 15 is 0 Å². The minimum atomic E-state index is -2.61. The van der Waals surface area contributed by atoms with Gasteiger partial charge in [0.05, 0.1) is 0 Å². The molecule has 5 rings (SSSR count). The number of rotatable bonds is 7. The molecule has 0 heterocycles. The van der Waals surface area contributed by atoms with Crippen LogP contribution in [0.5, 0.6) is 0 Å². The SMILES string of the molecule is CC1[C]([Ti]([CH2]c2ccccc2)([CH2]c2ccccc2)[CH2]c2ccccc2)=CC2=C1CCCC2. The second kappa shape index (κ2) is 9.78. The van der Waals surface area contributed by atoms with Gasteiger partial charge in [0.2, 0.25) is 0 Å². The maximum atomic E-state index is 2.72. The molecule has 0 aromatic heterocycles. The van der Waals surface area contributed by atoms with Crippen molar-refractivity contribution in [2.45, 2.75) is 46.8 Å². The molecule has 162 valence electrons. The van der Waals surface area contributed by atoms with Crippen LogP contribution in [0.1, 0.15) is 49.3 Å². The standard InChI is InChI=1S/C10H13.3C7H7.Ti/c1-8-6-7-9-4-2-3-5-10(8)9;3*1-7-5-3-2-4-6-7;/h7-8H,2-5H2,1H3;3*2-6H,1H2;. The molecular formula is C31H34Ti. The molecule has 0 saturated carbocycles. The summed E-state index contributed by atoms with van der Waals surface area (Å²) in [5.74, 6) is 0.640. The molecular weight excluding hydrogens is 420 g/mol. The van der Waals surface area contributed by atoms with E-state index in [2.05, 4.69) is 104 Å². The van der Waals surface area contributed by atoms with Gasteiger partial charge in [0, 0.05) is 0 Å². The Balaban J connectivity index is 1.62. The summed E-state index contributed by atoms with van der Waals surface area (Å²) >= 11 is -2.61. The summed E-state index contributed by atoms with van der Waals surface area (Å²) in [5.41, 5.74) is 8.05. The zero-order chi connectivity index (χ0) is 21.8. The van der Waals surface area contributed by atoms with Crippen molar-refractivity contribution < 1.29 is 16.6 Å². The molecule has 2 aliphatic carbocycles. The van der Waals surface area contributed by atoms with Crippen LogP contribution in [0, 0.1) is 5.92 Å². The van der Waals surface area contributed by atoms with Crippen LogP contribution in [0.25, 0.3) is 0 Å². The van der Waals surface area contributed by atoms with Gasteiger partial charge in [0.1, 0.15) is 0 Å². The van der Waals surface area contributed by atoms with Crippen LogP contribution in [0.4, 0.5) is 0 Å². The Morgan fingerprint density at radius 3 is 1.50 bits per heavy atom. The Hall–Kier alpha value is -2.15. The normalized spacial score (nSPS) is 18.4. The Kier molecular flexibility index (Phi) is 6.63. The van der Waals surface area contributed by atoms with Crippen LogP contribution in [0.3, 0.4) is 0 Å². The van der Waals surface area contributed by atoms with E-state index < -0.39 is 16.6 Å². The Bertz CT molecular complexity index is 992. The molecule has 0 aliphatic heterocycles. The molecule has 0 nitrogen and oxygen atoms in total. The topological polar surface area (TPSA) is 0 Å². The van der Waals surface area contributed by atoms with E-state index in [0.29, 0.717) is 5.92 Å². The predicted molar refractivity (Wildman–Crippen MR) is 133 cm³/mol. The van der Waals surface area contributed by atoms with Crippen molar-refractivity contribution in [2.75, 3.05) is 0 Å². The van der Waals surface area contributed by atoms with E-state index in [1.54, 1.807) is 11.1 Å². The van der Waals surface area contributed by atoms with E-state index in [9.17, 15) is 0 Å². The third-order valence-electron chi connectivity index (χ3n) is 7.64. The molecule has 0 bridgehead atoms. The molecule has 3 aromatic rings. The van der Waals surface area contributed by atoms with Gasteiger partial charge in [-0.2, -0.15) is 0 Å². The molecule has 32 heavy (non-hydrogen) atoms. The van der Waals surface area contributed by atoms with Crippen molar-refractivity contribution in [3.63, 3.8) is 0 Å². The van der Waals surface area contributed by atoms with E-state index in [4.69, 9.17) is 0 Å². The third kappa shape index (κ3) is 4.63. The molecule has 0 amide bonds. The zero-order valence-electron chi connectivity index (χ0n) is 19.3. The average molecular weight is 454 g/mol. The number of hydrogen-bond acceptors (Lipinski definition) is 0. The van der Waals surface area contributed by atoms with Crippen molar-refractivity contribution >= 4 is 0 Å². The van der Waals surface area contributed by atoms with Gasteiger partial charge in [-0.25, -0.2) is 0 Å². The molecule has 2 aliphatic rings. The summed E-state index contributed by atoms with van der Waals surface area (Å²) in [6.07, 6.45) is 8.07. The average Bonchev–Trinajstić information content (AvgIpc) is 3.18. The Labute approximate surface area is 197 Å². The first kappa shape index (κ1) is 21.7. The van der Waals surface area contributed by atoms with Crippen molar-refractivity contribution in [1.29, 1.82) is 0 Å². The van der Waals surface area contributed by atoms with Gasteiger partial charge in [-0.3, -0.25) is 0 Å². The minimum absolute atomic E-state index is 0.640. The van der Waals surface area contributed by atoms with Gasteiger partial charge >= 0.3 is 198 Å². The van der Waals surface area contributed by atoms with Crippen LogP contribution < -0.4 is 0 Å². The first-order valence-electron chi connectivity index (χ1n) is 12.3. The van der Waals surface area contributed by atoms with Gasteiger partial charge < -0.3 is 0 Å². The van der Waals surface area contributed by atoms with E-state index in [1.165, 1.54) is 56.6 Å². The molecule has 0 fully saturated rings. The van der Waals surface area contributed by atoms with Crippen molar-refractivity contribution in [1.82, 2.24) is 0 Å². The van der Waals surface area contributed by atoms with Gasteiger partial charge in [-0.15, -0.1) is 0 Å². The molecule has 1 unspecified atom stereocenters. The summed E-state index contributed by atoms with van der Waals surface area (Å²) < 4.78 is 5.65. The first-order valence-corrected chi connectivity index (χ1v) is 16.4. The fourth-order valence-corrected chi connectivity index (χ4v) is 14.9. The molecule has 3 aromatic carbocycles. The monoisotopic (exact) mass is 454 g/mol. The zero-order valence-corrected chi connectivity index (χ0v) is 20.8. The molecule has 0 spiro atoms. The van der Waals surface area contributed by atoms with Gasteiger partial charge in [-0.1, -0.05) is 0 Å². The van der Waals surface area contributed by atoms with Crippen LogP contribution >= 0.6 is 0 Å². The van der Waals surface area contributed by atoms with E-state index in [1.807, 2.05) is 3.88 Å².